The highest BCUT2D eigenvalue weighted by Gasteiger charge is 2.32. The highest BCUT2D eigenvalue weighted by Crippen LogP contribution is 2.33. The topological polar surface area (TPSA) is 120 Å². The molecule has 10 nitrogen and oxygen atoms in total. The first-order valence-electron chi connectivity index (χ1n) is 13.3. The third-order valence-corrected chi connectivity index (χ3v) is 6.00. The maximum atomic E-state index is 12.7. The second-order valence-electron chi connectivity index (χ2n) is 8.75. The van der Waals surface area contributed by atoms with Gasteiger partial charge in [-0.2, -0.15) is 5.10 Å². The number of unbranched alkanes of at least 4 members (excludes halogenated alkanes) is 1. The van der Waals surface area contributed by atoms with Crippen molar-refractivity contribution in [1.82, 2.24) is 16.1 Å². The number of nitrogens with one attached hydrogen (secondary N) is 3. The van der Waals surface area contributed by atoms with Gasteiger partial charge in [0.1, 0.15) is 5.75 Å². The van der Waals surface area contributed by atoms with Crippen LogP contribution in [0.3, 0.4) is 0 Å². The van der Waals surface area contributed by atoms with Crippen LogP contribution in [0.4, 0.5) is 0 Å². The number of allylic oxidation sites excluding steroid dienone is 1. The molecule has 2 aromatic carbocycles. The molecule has 0 fully saturated rings. The van der Waals surface area contributed by atoms with Crippen LogP contribution in [0.5, 0.6) is 17.2 Å². The molecule has 0 saturated heterocycles. The van der Waals surface area contributed by atoms with Gasteiger partial charge in [-0.25, -0.2) is 10.2 Å². The van der Waals surface area contributed by atoms with Gasteiger partial charge in [0.05, 0.1) is 37.7 Å². The average Bonchev–Trinajstić information content (AvgIpc) is 2.93. The molecule has 214 valence electrons. The summed E-state index contributed by atoms with van der Waals surface area (Å²) < 4.78 is 22.6. The first kappa shape index (κ1) is 30.4. The van der Waals surface area contributed by atoms with E-state index < -0.39 is 17.9 Å². The normalized spacial score (nSPS) is 14.8. The SMILES string of the molecule is CCCCOc1ccc(C=NNC(=O)COc2ccccc2[C@@H]2NC(=S)NC(C)=C2C(=O)OCC)cc1OCC. The van der Waals surface area contributed by atoms with E-state index in [4.69, 9.17) is 31.2 Å². The summed E-state index contributed by atoms with van der Waals surface area (Å²) in [6.07, 6.45) is 3.51. The fraction of sp³-hybridized carbons (Fsp3) is 0.379. The summed E-state index contributed by atoms with van der Waals surface area (Å²) >= 11 is 5.31. The van der Waals surface area contributed by atoms with Crippen molar-refractivity contribution in [3.8, 4) is 17.2 Å². The molecule has 1 atom stereocenters. The fourth-order valence-corrected chi connectivity index (χ4v) is 4.20. The van der Waals surface area contributed by atoms with E-state index in [1.165, 1.54) is 6.21 Å². The Morgan fingerprint density at radius 1 is 1.02 bits per heavy atom. The van der Waals surface area contributed by atoms with E-state index in [9.17, 15) is 9.59 Å². The zero-order chi connectivity index (χ0) is 28.9. The van der Waals surface area contributed by atoms with Crippen LogP contribution in [-0.4, -0.2) is 49.6 Å². The lowest BCUT2D eigenvalue weighted by Gasteiger charge is -2.30. The van der Waals surface area contributed by atoms with Crippen molar-refractivity contribution in [3.63, 3.8) is 0 Å². The molecule has 1 aliphatic rings. The molecule has 0 aliphatic carbocycles. The van der Waals surface area contributed by atoms with E-state index in [2.05, 4.69) is 28.1 Å². The minimum absolute atomic E-state index is 0.232. The van der Waals surface area contributed by atoms with E-state index in [0.29, 0.717) is 52.4 Å². The number of nitrogens with zero attached hydrogens (tertiary/aromatic N) is 1. The predicted molar refractivity (Wildman–Crippen MR) is 157 cm³/mol. The van der Waals surface area contributed by atoms with Crippen LogP contribution in [-0.2, 0) is 14.3 Å². The van der Waals surface area contributed by atoms with Crippen molar-refractivity contribution >= 4 is 35.4 Å². The van der Waals surface area contributed by atoms with Crippen LogP contribution < -0.4 is 30.3 Å². The summed E-state index contributed by atoms with van der Waals surface area (Å²) in [7, 11) is 0. The van der Waals surface area contributed by atoms with Gasteiger partial charge in [0.25, 0.3) is 5.91 Å². The van der Waals surface area contributed by atoms with Gasteiger partial charge in [-0.05, 0) is 69.2 Å². The summed E-state index contributed by atoms with van der Waals surface area (Å²) in [4.78, 5) is 25.2. The number of hydrogen-bond donors (Lipinski definition) is 3. The number of benzene rings is 2. The smallest absolute Gasteiger partial charge is 0.338 e. The van der Waals surface area contributed by atoms with Gasteiger partial charge in [-0.15, -0.1) is 0 Å². The van der Waals surface area contributed by atoms with Crippen molar-refractivity contribution in [3.05, 3.63) is 64.9 Å². The number of esters is 1. The lowest BCUT2D eigenvalue weighted by atomic mass is 9.95. The number of hydrogen-bond acceptors (Lipinski definition) is 8. The van der Waals surface area contributed by atoms with E-state index in [-0.39, 0.29) is 13.2 Å². The molecule has 0 bridgehead atoms. The molecule has 0 spiro atoms. The van der Waals surface area contributed by atoms with E-state index >= 15 is 0 Å². The first-order chi connectivity index (χ1) is 19.4. The molecule has 0 radical (unpaired) electrons. The van der Waals surface area contributed by atoms with E-state index in [0.717, 1.165) is 18.4 Å². The average molecular weight is 569 g/mol. The second kappa shape index (κ2) is 15.5. The van der Waals surface area contributed by atoms with Crippen LogP contribution in [0.15, 0.2) is 58.8 Å². The minimum atomic E-state index is -0.612. The lowest BCUT2D eigenvalue weighted by Crippen LogP contribution is -2.45. The van der Waals surface area contributed by atoms with Crippen LogP contribution in [0.25, 0.3) is 0 Å². The highest BCUT2D eigenvalue weighted by molar-refractivity contribution is 7.80. The Balaban J connectivity index is 1.65. The van der Waals surface area contributed by atoms with Crippen molar-refractivity contribution in [1.29, 1.82) is 0 Å². The Bertz CT molecular complexity index is 1260. The molecule has 11 heteroatoms. The maximum Gasteiger partial charge on any atom is 0.338 e. The van der Waals surface area contributed by atoms with Gasteiger partial charge in [-0.3, -0.25) is 4.79 Å². The molecule has 3 N–H and O–H groups in total. The van der Waals surface area contributed by atoms with Gasteiger partial charge >= 0.3 is 5.97 Å². The predicted octanol–water partition coefficient (Wildman–Crippen LogP) is 4.15. The molecule has 1 amide bonds. The minimum Gasteiger partial charge on any atom is -0.490 e. The van der Waals surface area contributed by atoms with Crippen LogP contribution in [0, 0.1) is 0 Å². The number of ether oxygens (including phenoxy) is 4. The number of carbonyl (C=O) groups excluding carboxylic acids is 2. The van der Waals surface area contributed by atoms with Gasteiger partial charge in [0.15, 0.2) is 23.2 Å². The van der Waals surface area contributed by atoms with Gasteiger partial charge in [0, 0.05) is 11.3 Å². The van der Waals surface area contributed by atoms with Crippen LogP contribution in [0.2, 0.25) is 0 Å². The quantitative estimate of drug-likeness (QED) is 0.102. The van der Waals surface area contributed by atoms with Gasteiger partial charge < -0.3 is 29.6 Å². The Hall–Kier alpha value is -4.12. The molecule has 0 aromatic heterocycles. The standard InChI is InChI=1S/C29H36N4O6S/c1-5-8-15-38-23-14-13-20(16-24(23)36-6-2)17-30-33-25(34)18-39-22-12-10-9-11-21(22)27-26(28(35)37-7-3)19(4)31-29(40)32-27/h9-14,16-17,27H,5-8,15,18H2,1-4H3,(H,33,34)(H2,31,32,40)/t27-/m0/s1. The van der Waals surface area contributed by atoms with Gasteiger partial charge in [-0.1, -0.05) is 31.5 Å². The lowest BCUT2D eigenvalue weighted by molar-refractivity contribution is -0.139. The molecule has 1 aliphatic heterocycles. The number of para-hydroxylation sites is 1. The molecular weight excluding hydrogens is 532 g/mol. The van der Waals surface area contributed by atoms with Crippen LogP contribution in [0.1, 0.15) is 57.7 Å². The molecule has 40 heavy (non-hydrogen) atoms. The zero-order valence-corrected chi connectivity index (χ0v) is 24.1. The molecule has 0 saturated carbocycles. The van der Waals surface area contributed by atoms with Crippen molar-refractivity contribution in [2.45, 2.75) is 46.6 Å². The summed E-state index contributed by atoms with van der Waals surface area (Å²) in [5.74, 6) is 0.776. The van der Waals surface area contributed by atoms with Crippen molar-refractivity contribution in [2.75, 3.05) is 26.4 Å². The number of carbonyl (C=O) groups is 2. The number of rotatable bonds is 14. The van der Waals surface area contributed by atoms with E-state index in [1.807, 2.05) is 25.1 Å². The number of amides is 1. The van der Waals surface area contributed by atoms with Gasteiger partial charge in [0.2, 0.25) is 0 Å². The first-order valence-corrected chi connectivity index (χ1v) is 13.7. The largest absolute Gasteiger partial charge is 0.490 e. The van der Waals surface area contributed by atoms with Crippen molar-refractivity contribution < 1.29 is 28.5 Å². The highest BCUT2D eigenvalue weighted by atomic mass is 32.1. The zero-order valence-electron chi connectivity index (χ0n) is 23.2. The maximum absolute atomic E-state index is 12.7. The van der Waals surface area contributed by atoms with Crippen molar-refractivity contribution in [2.24, 2.45) is 5.10 Å². The molecule has 0 unspecified atom stereocenters. The van der Waals surface area contributed by atoms with E-state index in [1.54, 1.807) is 38.1 Å². The second-order valence-corrected chi connectivity index (χ2v) is 9.16. The monoisotopic (exact) mass is 568 g/mol. The Kier molecular flexibility index (Phi) is 11.8. The summed E-state index contributed by atoms with van der Waals surface area (Å²) in [5, 5.41) is 10.5. The summed E-state index contributed by atoms with van der Waals surface area (Å²) in [5.41, 5.74) is 4.81. The molecular formula is C29H36N4O6S. The third-order valence-electron chi connectivity index (χ3n) is 5.78. The molecule has 3 rings (SSSR count). The molecule has 1 heterocycles. The van der Waals surface area contributed by atoms with Crippen LogP contribution >= 0.6 is 12.2 Å². The Labute approximate surface area is 240 Å². The molecule has 2 aromatic rings. The number of thiocarbonyl (C=S) groups is 1. The summed E-state index contributed by atoms with van der Waals surface area (Å²) in [6, 6.07) is 12.0. The third kappa shape index (κ3) is 8.44. The fourth-order valence-electron chi connectivity index (χ4n) is 3.93. The number of hydrazone groups is 1. The Morgan fingerprint density at radius 2 is 1.82 bits per heavy atom. The Morgan fingerprint density at radius 3 is 2.58 bits per heavy atom. The summed E-state index contributed by atoms with van der Waals surface area (Å²) in [6.45, 7) is 8.55.